The van der Waals surface area contributed by atoms with E-state index in [1.165, 1.54) is 0 Å². The second-order valence-electron chi connectivity index (χ2n) is 6.14. The van der Waals surface area contributed by atoms with Crippen molar-refractivity contribution in [3.8, 4) is 0 Å². The van der Waals surface area contributed by atoms with Crippen molar-refractivity contribution in [2.75, 3.05) is 0 Å². The van der Waals surface area contributed by atoms with E-state index in [0.717, 1.165) is 0 Å². The molecule has 0 aromatic heterocycles. The van der Waals surface area contributed by atoms with Gasteiger partial charge in [-0.25, -0.2) is 0 Å². The monoisotopic (exact) mass is 292 g/mol. The summed E-state index contributed by atoms with van der Waals surface area (Å²) in [5.74, 6) is -1.19. The third-order valence-corrected chi connectivity index (χ3v) is 3.89. The van der Waals surface area contributed by atoms with Crippen LogP contribution in [0, 0.1) is 11.3 Å². The highest BCUT2D eigenvalue weighted by atomic mass is 35.5. The van der Waals surface area contributed by atoms with Gasteiger partial charge >= 0.3 is 0 Å². The maximum absolute atomic E-state index is 12.1. The van der Waals surface area contributed by atoms with Crippen molar-refractivity contribution >= 4 is 29.0 Å². The highest BCUT2D eigenvalue weighted by Gasteiger charge is 2.40. The molecule has 20 heavy (non-hydrogen) atoms. The van der Waals surface area contributed by atoms with Crippen molar-refractivity contribution < 1.29 is 14.4 Å². The number of carbonyl (C=O) groups excluding carboxylic acids is 3. The van der Waals surface area contributed by atoms with Gasteiger partial charge in [-0.3, -0.25) is 14.4 Å². The Morgan fingerprint density at radius 3 is 2.15 bits per heavy atom. The lowest BCUT2D eigenvalue weighted by Crippen LogP contribution is -2.38. The molecule has 106 valence electrons. The van der Waals surface area contributed by atoms with Gasteiger partial charge in [-0.15, -0.1) is 0 Å². The van der Waals surface area contributed by atoms with E-state index in [1.54, 1.807) is 24.3 Å². The summed E-state index contributed by atoms with van der Waals surface area (Å²) < 4.78 is 0. The summed E-state index contributed by atoms with van der Waals surface area (Å²) in [4.78, 5) is 36.2. The van der Waals surface area contributed by atoms with Crippen LogP contribution in [0.4, 0.5) is 0 Å². The molecule has 1 aromatic carbocycles. The van der Waals surface area contributed by atoms with Gasteiger partial charge in [0.05, 0.1) is 5.92 Å². The molecule has 4 heteroatoms. The number of hydrogen-bond acceptors (Lipinski definition) is 3. The van der Waals surface area contributed by atoms with Gasteiger partial charge < -0.3 is 0 Å². The van der Waals surface area contributed by atoms with E-state index in [0.29, 0.717) is 23.4 Å². The van der Waals surface area contributed by atoms with E-state index in [1.807, 2.05) is 13.8 Å². The SMILES string of the molecule is CC1(C)CC(=O)C(CC(=O)c2ccc(Cl)cc2)C(=O)C1. The number of benzene rings is 1. The normalized spacial score (nSPS) is 19.1. The minimum atomic E-state index is -0.772. The summed E-state index contributed by atoms with van der Waals surface area (Å²) in [5, 5.41) is 0.549. The fourth-order valence-electron chi connectivity index (χ4n) is 2.60. The molecule has 0 radical (unpaired) electrons. The molecule has 0 amide bonds. The van der Waals surface area contributed by atoms with Gasteiger partial charge in [-0.1, -0.05) is 25.4 Å². The van der Waals surface area contributed by atoms with Crippen LogP contribution in [-0.2, 0) is 9.59 Å². The zero-order valence-electron chi connectivity index (χ0n) is 11.6. The van der Waals surface area contributed by atoms with Gasteiger partial charge in [0, 0.05) is 29.8 Å². The fraction of sp³-hybridized carbons (Fsp3) is 0.438. The van der Waals surface area contributed by atoms with E-state index in [9.17, 15) is 14.4 Å². The summed E-state index contributed by atoms with van der Waals surface area (Å²) in [7, 11) is 0. The lowest BCUT2D eigenvalue weighted by Gasteiger charge is -2.31. The van der Waals surface area contributed by atoms with Crippen LogP contribution in [0.15, 0.2) is 24.3 Å². The topological polar surface area (TPSA) is 51.2 Å². The molecular formula is C16H17ClO3. The van der Waals surface area contributed by atoms with Crippen LogP contribution in [0.25, 0.3) is 0 Å². The summed E-state index contributed by atoms with van der Waals surface area (Å²) >= 11 is 5.77. The lowest BCUT2D eigenvalue weighted by molar-refractivity contribution is -0.139. The minimum Gasteiger partial charge on any atom is -0.299 e. The highest BCUT2D eigenvalue weighted by Crippen LogP contribution is 2.35. The van der Waals surface area contributed by atoms with Gasteiger partial charge in [0.2, 0.25) is 0 Å². The van der Waals surface area contributed by atoms with Crippen LogP contribution in [0.1, 0.15) is 43.5 Å². The third-order valence-electron chi connectivity index (χ3n) is 3.64. The standard InChI is InChI=1S/C16H17ClO3/c1-16(2)8-14(19)12(15(20)9-16)7-13(18)10-3-5-11(17)6-4-10/h3-6,12H,7-9H2,1-2H3. The van der Waals surface area contributed by atoms with Crippen LogP contribution in [0.3, 0.4) is 0 Å². The second kappa shape index (κ2) is 5.49. The Morgan fingerprint density at radius 1 is 1.15 bits per heavy atom. The predicted octanol–water partition coefficient (Wildman–Crippen LogP) is 3.49. The molecule has 0 atom stereocenters. The van der Waals surface area contributed by atoms with Crippen molar-refractivity contribution in [1.29, 1.82) is 0 Å². The summed E-state index contributed by atoms with van der Waals surface area (Å²) in [6.45, 7) is 3.81. The number of Topliss-reactive ketones (excluding diaryl/α,β-unsaturated/α-hetero) is 3. The maximum atomic E-state index is 12.1. The second-order valence-corrected chi connectivity index (χ2v) is 6.57. The van der Waals surface area contributed by atoms with Crippen molar-refractivity contribution in [1.82, 2.24) is 0 Å². The quantitative estimate of drug-likeness (QED) is 0.633. The first-order valence-electron chi connectivity index (χ1n) is 6.63. The highest BCUT2D eigenvalue weighted by molar-refractivity contribution is 6.30. The Hall–Kier alpha value is -1.48. The molecule has 0 heterocycles. The molecule has 1 saturated carbocycles. The molecule has 1 aliphatic carbocycles. The fourth-order valence-corrected chi connectivity index (χ4v) is 2.72. The predicted molar refractivity (Wildman–Crippen MR) is 76.9 cm³/mol. The summed E-state index contributed by atoms with van der Waals surface area (Å²) in [5.41, 5.74) is 0.202. The molecular weight excluding hydrogens is 276 g/mol. The van der Waals surface area contributed by atoms with Gasteiger partial charge in [0.25, 0.3) is 0 Å². The molecule has 1 aromatic rings. The van der Waals surface area contributed by atoms with E-state index < -0.39 is 5.92 Å². The van der Waals surface area contributed by atoms with Crippen LogP contribution < -0.4 is 0 Å². The Bertz CT molecular complexity index is 538. The molecule has 0 aliphatic heterocycles. The lowest BCUT2D eigenvalue weighted by atomic mass is 9.70. The van der Waals surface area contributed by atoms with Crippen molar-refractivity contribution in [3.63, 3.8) is 0 Å². The molecule has 0 N–H and O–H groups in total. The first kappa shape index (κ1) is 14.9. The zero-order chi connectivity index (χ0) is 14.9. The average molecular weight is 293 g/mol. The first-order chi connectivity index (χ1) is 9.28. The van der Waals surface area contributed by atoms with E-state index in [2.05, 4.69) is 0 Å². The van der Waals surface area contributed by atoms with Crippen LogP contribution in [-0.4, -0.2) is 17.3 Å². The molecule has 1 fully saturated rings. The van der Waals surface area contributed by atoms with Crippen molar-refractivity contribution in [2.24, 2.45) is 11.3 Å². The summed E-state index contributed by atoms with van der Waals surface area (Å²) in [6, 6.07) is 6.49. The van der Waals surface area contributed by atoms with Crippen molar-refractivity contribution in [2.45, 2.75) is 33.1 Å². The molecule has 2 rings (SSSR count). The number of hydrogen-bond donors (Lipinski definition) is 0. The van der Waals surface area contributed by atoms with E-state index in [-0.39, 0.29) is 29.2 Å². The first-order valence-corrected chi connectivity index (χ1v) is 7.00. The van der Waals surface area contributed by atoms with E-state index in [4.69, 9.17) is 11.6 Å². The number of ketones is 3. The van der Waals surface area contributed by atoms with E-state index >= 15 is 0 Å². The van der Waals surface area contributed by atoms with Crippen LogP contribution in [0.5, 0.6) is 0 Å². The molecule has 0 spiro atoms. The summed E-state index contributed by atoms with van der Waals surface area (Å²) in [6.07, 6.45) is 0.685. The molecule has 1 aliphatic rings. The smallest absolute Gasteiger partial charge is 0.164 e. The van der Waals surface area contributed by atoms with Gasteiger partial charge in [-0.2, -0.15) is 0 Å². The zero-order valence-corrected chi connectivity index (χ0v) is 12.4. The largest absolute Gasteiger partial charge is 0.299 e. The number of halogens is 1. The maximum Gasteiger partial charge on any atom is 0.164 e. The van der Waals surface area contributed by atoms with Gasteiger partial charge in [0.1, 0.15) is 11.6 Å². The number of carbonyl (C=O) groups is 3. The molecule has 3 nitrogen and oxygen atoms in total. The van der Waals surface area contributed by atoms with Gasteiger partial charge in [-0.05, 0) is 29.7 Å². The van der Waals surface area contributed by atoms with Crippen LogP contribution >= 0.6 is 11.6 Å². The van der Waals surface area contributed by atoms with Crippen molar-refractivity contribution in [3.05, 3.63) is 34.9 Å². The Morgan fingerprint density at radius 2 is 1.65 bits per heavy atom. The number of rotatable bonds is 3. The van der Waals surface area contributed by atoms with Gasteiger partial charge in [0.15, 0.2) is 5.78 Å². The Balaban J connectivity index is 2.10. The molecule has 0 unspecified atom stereocenters. The third kappa shape index (κ3) is 3.34. The van der Waals surface area contributed by atoms with Crippen LogP contribution in [0.2, 0.25) is 5.02 Å². The Kier molecular flexibility index (Phi) is 4.09. The Labute approximate surface area is 123 Å². The molecule has 0 saturated heterocycles. The average Bonchev–Trinajstić information content (AvgIpc) is 2.33. The minimum absolute atomic E-state index is 0.0324. The molecule has 0 bridgehead atoms.